The Morgan fingerprint density at radius 3 is 2.34 bits per heavy atom. The summed E-state index contributed by atoms with van der Waals surface area (Å²) >= 11 is 5.47. The standard InChI is InChI=1S/C15H22N2OS.C6H9NS2.C4H7FO2/c1-2-5-14(6-3-1)15-7-4-8-17(13-15)19-16-9-11-18-12-10-16;1-8-6-3-2-5(4-7)9-6;1-4(2,5)3(6)7/h1-3,5-6,15H,4,7-13H2;2-3H,4,7H2,1H3;1-2H3,(H,6,7). The third kappa shape index (κ3) is 11.6. The monoisotopic (exact) mass is 543 g/mol. The summed E-state index contributed by atoms with van der Waals surface area (Å²) < 4.78 is 23.6. The predicted octanol–water partition coefficient (Wildman–Crippen LogP) is 5.51. The van der Waals surface area contributed by atoms with E-state index in [1.807, 2.05) is 12.1 Å². The number of hydrogen-bond acceptors (Lipinski definition) is 8. The normalized spacial score (nSPS) is 19.2. The first-order valence-electron chi connectivity index (χ1n) is 11.8. The maximum atomic E-state index is 11.9. The van der Waals surface area contributed by atoms with Crippen molar-refractivity contribution in [2.45, 2.75) is 49.0 Å². The molecule has 2 aliphatic heterocycles. The van der Waals surface area contributed by atoms with Crippen LogP contribution in [0.15, 0.2) is 46.7 Å². The number of ether oxygens (including phenoxy) is 1. The zero-order valence-electron chi connectivity index (χ0n) is 20.8. The molecule has 2 aromatic rings. The first-order chi connectivity index (χ1) is 16.7. The van der Waals surface area contributed by atoms with Gasteiger partial charge >= 0.3 is 5.97 Å². The van der Waals surface area contributed by atoms with E-state index in [1.165, 1.54) is 40.6 Å². The van der Waals surface area contributed by atoms with Gasteiger partial charge in [0.05, 0.1) is 17.4 Å². The quantitative estimate of drug-likeness (QED) is 0.365. The van der Waals surface area contributed by atoms with E-state index in [1.54, 1.807) is 23.1 Å². The molecule has 0 spiro atoms. The van der Waals surface area contributed by atoms with Crippen LogP contribution < -0.4 is 5.73 Å². The number of nitrogens with zero attached hydrogens (tertiary/aromatic N) is 2. The first-order valence-corrected chi connectivity index (χ1v) is 14.6. The first kappa shape index (κ1) is 30.1. The van der Waals surface area contributed by atoms with Crippen LogP contribution in [0.3, 0.4) is 0 Å². The Bertz CT molecular complexity index is 840. The predicted molar refractivity (Wildman–Crippen MR) is 147 cm³/mol. The number of thiophene rings is 1. The van der Waals surface area contributed by atoms with Crippen LogP contribution in [0.2, 0.25) is 0 Å². The molecule has 2 saturated heterocycles. The molecule has 1 unspecified atom stereocenters. The molecule has 2 aliphatic rings. The lowest BCUT2D eigenvalue weighted by atomic mass is 9.92. The van der Waals surface area contributed by atoms with Gasteiger partial charge in [-0.15, -0.1) is 23.1 Å². The lowest BCUT2D eigenvalue weighted by molar-refractivity contribution is -0.148. The van der Waals surface area contributed by atoms with E-state index < -0.39 is 11.6 Å². The highest BCUT2D eigenvalue weighted by atomic mass is 32.2. The van der Waals surface area contributed by atoms with E-state index in [9.17, 15) is 9.18 Å². The molecule has 196 valence electrons. The summed E-state index contributed by atoms with van der Waals surface area (Å²) in [5.41, 5.74) is 4.83. The van der Waals surface area contributed by atoms with E-state index in [0.717, 1.165) is 40.2 Å². The van der Waals surface area contributed by atoms with Crippen LogP contribution >= 0.6 is 35.2 Å². The van der Waals surface area contributed by atoms with Crippen molar-refractivity contribution in [3.05, 3.63) is 52.9 Å². The highest BCUT2D eigenvalue weighted by Gasteiger charge is 2.25. The van der Waals surface area contributed by atoms with Gasteiger partial charge in [0.2, 0.25) is 5.67 Å². The summed E-state index contributed by atoms with van der Waals surface area (Å²) in [5, 5.41) is 7.88. The van der Waals surface area contributed by atoms with Gasteiger partial charge < -0.3 is 15.6 Å². The molecule has 0 saturated carbocycles. The number of alkyl halides is 1. The van der Waals surface area contributed by atoms with Crippen molar-refractivity contribution in [2.24, 2.45) is 5.73 Å². The summed E-state index contributed by atoms with van der Waals surface area (Å²) in [5.74, 6) is -0.726. The fourth-order valence-electron chi connectivity index (χ4n) is 3.38. The molecule has 10 heteroatoms. The number of morpholine rings is 1. The Labute approximate surface area is 221 Å². The Morgan fingerprint density at radius 2 is 1.83 bits per heavy atom. The number of aliphatic carboxylic acids is 1. The largest absolute Gasteiger partial charge is 0.479 e. The maximum Gasteiger partial charge on any atom is 0.340 e. The van der Waals surface area contributed by atoms with Gasteiger partial charge in [-0.05, 0) is 56.6 Å². The van der Waals surface area contributed by atoms with E-state index >= 15 is 0 Å². The van der Waals surface area contributed by atoms with Crippen molar-refractivity contribution in [1.29, 1.82) is 0 Å². The van der Waals surface area contributed by atoms with Gasteiger partial charge in [-0.3, -0.25) is 0 Å². The van der Waals surface area contributed by atoms with Crippen LogP contribution in [0.5, 0.6) is 0 Å². The zero-order valence-corrected chi connectivity index (χ0v) is 23.3. The number of carboxylic acid groups (broad SMARTS) is 1. The summed E-state index contributed by atoms with van der Waals surface area (Å²) in [4.78, 5) is 10.9. The molecule has 35 heavy (non-hydrogen) atoms. The summed E-state index contributed by atoms with van der Waals surface area (Å²) in [6.07, 6.45) is 4.70. The average Bonchev–Trinajstić information content (AvgIpc) is 3.34. The number of rotatable bonds is 6. The fraction of sp³-hybridized carbons (Fsp3) is 0.560. The average molecular weight is 544 g/mol. The van der Waals surface area contributed by atoms with Crippen molar-refractivity contribution in [2.75, 3.05) is 45.6 Å². The molecule has 3 N–H and O–H groups in total. The van der Waals surface area contributed by atoms with Crippen LogP contribution in [0.1, 0.15) is 43.0 Å². The van der Waals surface area contributed by atoms with Crippen LogP contribution in [0.4, 0.5) is 4.39 Å². The molecule has 6 nitrogen and oxygen atoms in total. The van der Waals surface area contributed by atoms with Crippen molar-refractivity contribution in [1.82, 2.24) is 8.61 Å². The third-order valence-electron chi connectivity index (χ3n) is 5.40. The van der Waals surface area contributed by atoms with Gasteiger partial charge in [0.1, 0.15) is 0 Å². The molecule has 4 rings (SSSR count). The van der Waals surface area contributed by atoms with Crippen LogP contribution in [0.25, 0.3) is 0 Å². The zero-order chi connectivity index (χ0) is 25.7. The topological polar surface area (TPSA) is 79.0 Å². The van der Waals surface area contributed by atoms with Crippen molar-refractivity contribution < 1.29 is 19.0 Å². The number of piperidine rings is 1. The lowest BCUT2D eigenvalue weighted by Crippen LogP contribution is -2.37. The molecule has 1 atom stereocenters. The summed E-state index contributed by atoms with van der Waals surface area (Å²) in [6, 6.07) is 15.1. The number of hydrogen-bond donors (Lipinski definition) is 2. The minimum atomic E-state index is -2.08. The van der Waals surface area contributed by atoms with E-state index in [2.05, 4.69) is 57.3 Å². The minimum Gasteiger partial charge on any atom is -0.479 e. The molecule has 0 aliphatic carbocycles. The van der Waals surface area contributed by atoms with Gasteiger partial charge in [-0.25, -0.2) is 17.8 Å². The number of carboxylic acids is 1. The van der Waals surface area contributed by atoms with Crippen molar-refractivity contribution >= 4 is 41.2 Å². The maximum absolute atomic E-state index is 11.9. The molecular formula is C25H38FN3O3S3. The summed E-state index contributed by atoms with van der Waals surface area (Å²) in [7, 11) is 0. The fourth-order valence-corrected chi connectivity index (χ4v) is 5.95. The molecular weight excluding hydrogens is 505 g/mol. The van der Waals surface area contributed by atoms with Gasteiger partial charge in [0.15, 0.2) is 0 Å². The van der Waals surface area contributed by atoms with Gasteiger partial charge in [-0.1, -0.05) is 30.3 Å². The molecule has 0 radical (unpaired) electrons. The molecule has 3 heterocycles. The SMILES string of the molecule is CC(C)(F)C(=O)O.CSc1ccc(CN)s1.c1ccc(C2CCCN(SN3CCOCC3)C2)cc1. The highest BCUT2D eigenvalue weighted by Crippen LogP contribution is 2.31. The minimum absolute atomic E-state index is 0.672. The number of halogens is 1. The summed E-state index contributed by atoms with van der Waals surface area (Å²) in [6.45, 7) is 8.91. The molecule has 0 bridgehead atoms. The highest BCUT2D eigenvalue weighted by molar-refractivity contribution is 8.00. The second kappa shape index (κ2) is 15.9. The Morgan fingerprint density at radius 1 is 1.17 bits per heavy atom. The molecule has 0 amide bonds. The smallest absolute Gasteiger partial charge is 0.340 e. The van der Waals surface area contributed by atoms with Crippen molar-refractivity contribution in [3.63, 3.8) is 0 Å². The van der Waals surface area contributed by atoms with Gasteiger partial charge in [0, 0.05) is 49.7 Å². The Hall–Kier alpha value is -1.14. The van der Waals surface area contributed by atoms with Gasteiger partial charge in [0.25, 0.3) is 0 Å². The molecule has 1 aromatic heterocycles. The second-order valence-electron chi connectivity index (χ2n) is 8.67. The van der Waals surface area contributed by atoms with Gasteiger partial charge in [-0.2, -0.15) is 0 Å². The van der Waals surface area contributed by atoms with Crippen molar-refractivity contribution in [3.8, 4) is 0 Å². The molecule has 2 fully saturated rings. The number of thioether (sulfide) groups is 1. The lowest BCUT2D eigenvalue weighted by Gasteiger charge is -2.36. The second-order valence-corrected chi connectivity index (χ2v) is 12.1. The van der Waals surface area contributed by atoms with Crippen LogP contribution in [0, 0.1) is 0 Å². The van der Waals surface area contributed by atoms with E-state index in [4.69, 9.17) is 15.6 Å². The Kier molecular flexibility index (Phi) is 13.6. The van der Waals surface area contributed by atoms with Crippen LogP contribution in [-0.2, 0) is 16.1 Å². The number of nitrogens with two attached hydrogens (primary N) is 1. The third-order valence-corrected chi connectivity index (χ3v) is 8.75. The van der Waals surface area contributed by atoms with Crippen LogP contribution in [-0.4, -0.2) is 71.0 Å². The van der Waals surface area contributed by atoms with E-state index in [-0.39, 0.29) is 0 Å². The Balaban J connectivity index is 0.000000225. The molecule has 1 aromatic carbocycles. The van der Waals surface area contributed by atoms with E-state index in [0.29, 0.717) is 12.5 Å². The number of carbonyl (C=O) groups is 1. The number of benzene rings is 1.